The summed E-state index contributed by atoms with van der Waals surface area (Å²) >= 11 is 0. The molecule has 2 aromatic rings. The molecule has 3 nitrogen and oxygen atoms in total. The minimum atomic E-state index is -3.66. The van der Waals surface area contributed by atoms with Crippen molar-refractivity contribution >= 4 is 0 Å². The Morgan fingerprint density at radius 1 is 0.714 bits per heavy atom. The third-order valence-electron chi connectivity index (χ3n) is 8.03. The smallest absolute Gasteiger partial charge is 0.426 e. The van der Waals surface area contributed by atoms with Gasteiger partial charge in [0.25, 0.3) is 0 Å². The van der Waals surface area contributed by atoms with Crippen LogP contribution >= 0.6 is 0 Å². The lowest BCUT2D eigenvalue weighted by Gasteiger charge is -2.39. The van der Waals surface area contributed by atoms with Crippen molar-refractivity contribution in [2.24, 2.45) is 17.8 Å². The van der Waals surface area contributed by atoms with E-state index in [2.05, 4.69) is 4.74 Å². The highest BCUT2D eigenvalue weighted by Crippen LogP contribution is 2.41. The van der Waals surface area contributed by atoms with Crippen molar-refractivity contribution in [2.75, 3.05) is 13.2 Å². The Morgan fingerprint density at radius 2 is 1.37 bits per heavy atom. The quantitative estimate of drug-likeness (QED) is 0.390. The second-order valence-corrected chi connectivity index (χ2v) is 10.3. The molecule has 0 amide bonds. The van der Waals surface area contributed by atoms with E-state index in [4.69, 9.17) is 9.47 Å². The van der Waals surface area contributed by atoms with E-state index in [1.807, 2.05) is 0 Å². The molecule has 1 saturated heterocycles. The Morgan fingerprint density at radius 3 is 2.00 bits per heavy atom. The molecule has 0 N–H and O–H groups in total. The van der Waals surface area contributed by atoms with Gasteiger partial charge < -0.3 is 14.2 Å². The number of rotatable bonds is 6. The molecule has 35 heavy (non-hydrogen) atoms. The van der Waals surface area contributed by atoms with Crippen molar-refractivity contribution in [3.05, 3.63) is 65.2 Å². The molecule has 1 aliphatic heterocycles. The Hall–Kier alpha value is -2.12. The average Bonchev–Trinajstić information content (AvgIpc) is 3.42. The van der Waals surface area contributed by atoms with Crippen molar-refractivity contribution in [3.8, 4) is 5.75 Å². The lowest BCUT2D eigenvalue weighted by Crippen LogP contribution is -2.40. The second kappa shape index (κ2) is 10.5. The third-order valence-corrected chi connectivity index (χ3v) is 8.03. The molecule has 0 atom stereocenters. The van der Waals surface area contributed by atoms with Crippen molar-refractivity contribution in [3.63, 3.8) is 0 Å². The first kappa shape index (κ1) is 24.6. The molecule has 3 aliphatic rings. The summed E-state index contributed by atoms with van der Waals surface area (Å²) < 4.78 is 72.4. The maximum Gasteiger partial charge on any atom is 0.426 e. The van der Waals surface area contributed by atoms with Crippen LogP contribution in [0.25, 0.3) is 0 Å². The van der Waals surface area contributed by atoms with Crippen molar-refractivity contribution in [2.45, 2.75) is 69.7 Å². The molecular weight excluding hydrogens is 460 g/mol. The maximum atomic E-state index is 14.6. The Kier molecular flexibility index (Phi) is 7.35. The number of hydrogen-bond acceptors (Lipinski definition) is 3. The topological polar surface area (TPSA) is 27.7 Å². The minimum absolute atomic E-state index is 0.122. The van der Waals surface area contributed by atoms with E-state index < -0.39 is 23.5 Å². The molecule has 0 radical (unpaired) electrons. The predicted octanol–water partition coefficient (Wildman–Crippen LogP) is 7.55. The van der Waals surface area contributed by atoms with Crippen molar-refractivity contribution < 1.29 is 31.8 Å². The number of halogens is 4. The highest BCUT2D eigenvalue weighted by Gasteiger charge is 2.37. The van der Waals surface area contributed by atoms with Gasteiger partial charge in [0.15, 0.2) is 17.9 Å². The monoisotopic (exact) mass is 492 g/mol. The molecule has 2 saturated carbocycles. The predicted molar refractivity (Wildman–Crippen MR) is 123 cm³/mol. The molecule has 3 fully saturated rings. The van der Waals surface area contributed by atoms with Crippen LogP contribution in [-0.2, 0) is 15.6 Å². The largest absolute Gasteiger partial charge is 0.429 e. The average molecular weight is 493 g/mol. The molecule has 0 bridgehead atoms. The molecule has 190 valence electrons. The van der Waals surface area contributed by atoms with Gasteiger partial charge in [0.05, 0.1) is 18.8 Å². The fourth-order valence-electron chi connectivity index (χ4n) is 5.93. The van der Waals surface area contributed by atoms with Gasteiger partial charge in [-0.05, 0) is 67.3 Å². The summed E-state index contributed by atoms with van der Waals surface area (Å²) in [5.74, 6) is -0.814. The van der Waals surface area contributed by atoms with Gasteiger partial charge in [0, 0.05) is 17.9 Å². The van der Waals surface area contributed by atoms with Crippen LogP contribution in [0.4, 0.5) is 17.6 Å². The molecule has 2 aromatic carbocycles. The van der Waals surface area contributed by atoms with Gasteiger partial charge in [0.2, 0.25) is 0 Å². The van der Waals surface area contributed by atoms with Crippen LogP contribution in [0.15, 0.2) is 42.5 Å². The summed E-state index contributed by atoms with van der Waals surface area (Å²) in [6.07, 6.45) is 5.37. The van der Waals surface area contributed by atoms with Crippen LogP contribution < -0.4 is 4.74 Å². The summed E-state index contributed by atoms with van der Waals surface area (Å²) in [5.41, 5.74) is 0.683. The van der Waals surface area contributed by atoms with Crippen LogP contribution in [0.2, 0.25) is 0 Å². The van der Waals surface area contributed by atoms with E-state index >= 15 is 0 Å². The molecule has 0 aromatic heterocycles. The van der Waals surface area contributed by atoms with Crippen LogP contribution in [0.3, 0.4) is 0 Å². The van der Waals surface area contributed by atoms with Crippen LogP contribution in [0.1, 0.15) is 68.4 Å². The van der Waals surface area contributed by atoms with E-state index in [0.29, 0.717) is 23.8 Å². The van der Waals surface area contributed by atoms with Gasteiger partial charge in [-0.2, -0.15) is 8.78 Å². The number of alkyl halides is 2. The van der Waals surface area contributed by atoms with Crippen LogP contribution in [0, 0.1) is 29.4 Å². The first-order chi connectivity index (χ1) is 16.9. The highest BCUT2D eigenvalue weighted by molar-refractivity contribution is 5.30. The van der Waals surface area contributed by atoms with Gasteiger partial charge in [0.1, 0.15) is 5.75 Å². The number of benzene rings is 2. The molecule has 5 rings (SSSR count). The lowest BCUT2D eigenvalue weighted by molar-refractivity contribution is -0.234. The van der Waals surface area contributed by atoms with Gasteiger partial charge in [-0.1, -0.05) is 37.8 Å². The summed E-state index contributed by atoms with van der Waals surface area (Å²) in [5, 5.41) is 0. The Bertz CT molecular complexity index is 974. The summed E-state index contributed by atoms with van der Waals surface area (Å²) in [6, 6.07) is 8.47. The fraction of sp³-hybridized carbons (Fsp3) is 0.571. The van der Waals surface area contributed by atoms with E-state index in [0.717, 1.165) is 62.5 Å². The molecule has 0 spiro atoms. The van der Waals surface area contributed by atoms with Crippen LogP contribution in [-0.4, -0.2) is 19.5 Å². The molecule has 0 unspecified atom stereocenters. The van der Waals surface area contributed by atoms with Crippen molar-refractivity contribution in [1.82, 2.24) is 0 Å². The van der Waals surface area contributed by atoms with Gasteiger partial charge >= 0.3 is 6.11 Å². The number of hydrogen-bond donors (Lipinski definition) is 0. The molecular formula is C28H32F4O3. The Labute approximate surface area is 203 Å². The molecule has 1 heterocycles. The van der Waals surface area contributed by atoms with Crippen molar-refractivity contribution in [1.29, 1.82) is 0 Å². The molecule has 7 heteroatoms. The molecule has 2 aliphatic carbocycles. The Balaban J connectivity index is 1.12. The van der Waals surface area contributed by atoms with E-state index in [1.165, 1.54) is 37.8 Å². The zero-order valence-corrected chi connectivity index (χ0v) is 19.7. The lowest BCUT2D eigenvalue weighted by atomic mass is 9.78. The van der Waals surface area contributed by atoms with Gasteiger partial charge in [-0.25, -0.2) is 8.78 Å². The summed E-state index contributed by atoms with van der Waals surface area (Å²) in [4.78, 5) is 0. The zero-order valence-electron chi connectivity index (χ0n) is 19.7. The summed E-state index contributed by atoms with van der Waals surface area (Å²) in [6.45, 7) is 1.61. The van der Waals surface area contributed by atoms with Gasteiger partial charge in [-0.15, -0.1) is 0 Å². The maximum absolute atomic E-state index is 14.6. The van der Waals surface area contributed by atoms with Crippen LogP contribution in [0.5, 0.6) is 5.75 Å². The number of ether oxygens (including phenoxy) is 3. The van der Waals surface area contributed by atoms with E-state index in [1.54, 1.807) is 12.1 Å². The highest BCUT2D eigenvalue weighted by atomic mass is 19.3. The zero-order chi connectivity index (χ0) is 24.4. The SMILES string of the molecule is Fc1ccc(OC(F)(F)c2ccc(C3CCC(C4OCC(C5CCCC5)CO4)CC3)cc2)cc1F. The standard InChI is InChI=1S/C28H32F4O3/c29-25-14-13-24(15-26(25)30)35-28(31,32)23-11-9-20(10-12-23)19-5-7-21(8-6-19)27-33-16-22(17-34-27)18-3-1-2-4-18/h9-15,18-19,21-22,27H,1-8,16-17H2. The fourth-order valence-corrected chi connectivity index (χ4v) is 5.93. The van der Waals surface area contributed by atoms with E-state index in [9.17, 15) is 17.6 Å². The third kappa shape index (κ3) is 5.67. The minimum Gasteiger partial charge on any atom is -0.429 e. The summed E-state index contributed by atoms with van der Waals surface area (Å²) in [7, 11) is 0. The van der Waals surface area contributed by atoms with Gasteiger partial charge in [-0.3, -0.25) is 0 Å². The first-order valence-electron chi connectivity index (χ1n) is 12.7. The second-order valence-electron chi connectivity index (χ2n) is 10.3. The van der Waals surface area contributed by atoms with E-state index in [-0.39, 0.29) is 11.9 Å². The normalized spacial score (nSPS) is 28.2. The first-order valence-corrected chi connectivity index (χ1v) is 12.7.